The van der Waals surface area contributed by atoms with E-state index in [0.29, 0.717) is 6.42 Å². The van der Waals surface area contributed by atoms with Crippen molar-refractivity contribution in [2.45, 2.75) is 32.2 Å². The van der Waals surface area contributed by atoms with Crippen molar-refractivity contribution < 1.29 is 8.78 Å². The van der Waals surface area contributed by atoms with E-state index >= 15 is 0 Å². The molecule has 1 nitrogen and oxygen atoms in total. The first-order valence-electron chi connectivity index (χ1n) is 4.71. The number of aryl methyl sites for hydroxylation is 1. The number of alkyl halides is 2. The molecule has 0 fully saturated rings. The van der Waals surface area contributed by atoms with E-state index in [9.17, 15) is 8.78 Å². The molecule has 0 radical (unpaired) electrons. The zero-order valence-corrected chi connectivity index (χ0v) is 8.27. The number of fused-ring (bicyclic) bond motifs is 1. The summed E-state index contributed by atoms with van der Waals surface area (Å²) in [5, 5.41) is 2.85. The van der Waals surface area contributed by atoms with Crippen LogP contribution in [-0.2, 0) is 6.42 Å². The van der Waals surface area contributed by atoms with E-state index in [1.54, 1.807) is 0 Å². The summed E-state index contributed by atoms with van der Waals surface area (Å²) in [5.74, 6) is -2.66. The van der Waals surface area contributed by atoms with Crippen molar-refractivity contribution in [3.63, 3.8) is 0 Å². The number of hydrogen-bond donors (Lipinski definition) is 1. The highest BCUT2D eigenvalue weighted by Crippen LogP contribution is 2.33. The van der Waals surface area contributed by atoms with Crippen molar-refractivity contribution in [1.82, 2.24) is 0 Å². The molecule has 1 aliphatic rings. The van der Waals surface area contributed by atoms with Crippen LogP contribution in [0.1, 0.15) is 18.1 Å². The van der Waals surface area contributed by atoms with Gasteiger partial charge in [-0.15, -0.1) is 0 Å². The monoisotopic (exact) mass is 197 g/mol. The summed E-state index contributed by atoms with van der Waals surface area (Å²) >= 11 is 0. The minimum Gasteiger partial charge on any atom is -0.376 e. The van der Waals surface area contributed by atoms with Crippen LogP contribution in [0.15, 0.2) is 18.2 Å². The standard InChI is InChI=1S/C11H13F2N/c1-7-3-4-9-8(5-7)6-10(14-9)11(2,12)13/h3-5,10,14H,6H2,1-2H3. The lowest BCUT2D eigenvalue weighted by Gasteiger charge is -2.18. The lowest BCUT2D eigenvalue weighted by Crippen LogP contribution is -2.35. The second-order valence-corrected chi connectivity index (χ2v) is 4.02. The van der Waals surface area contributed by atoms with Gasteiger partial charge in [-0.1, -0.05) is 17.7 Å². The molecule has 14 heavy (non-hydrogen) atoms. The molecule has 0 saturated heterocycles. The summed E-state index contributed by atoms with van der Waals surface area (Å²) in [6, 6.07) is 5.02. The second kappa shape index (κ2) is 2.94. The summed E-state index contributed by atoms with van der Waals surface area (Å²) in [6.45, 7) is 2.93. The maximum absolute atomic E-state index is 13.0. The molecule has 1 heterocycles. The minimum atomic E-state index is -2.66. The predicted octanol–water partition coefficient (Wildman–Crippen LogP) is 2.99. The molecule has 76 valence electrons. The average Bonchev–Trinajstić information content (AvgIpc) is 2.45. The Morgan fingerprint density at radius 1 is 1.43 bits per heavy atom. The smallest absolute Gasteiger partial charge is 0.265 e. The fourth-order valence-electron chi connectivity index (χ4n) is 1.80. The van der Waals surface area contributed by atoms with Crippen molar-refractivity contribution in [3.05, 3.63) is 29.3 Å². The van der Waals surface area contributed by atoms with Gasteiger partial charge in [0.05, 0.1) is 6.04 Å². The fourth-order valence-corrected chi connectivity index (χ4v) is 1.80. The molecule has 0 bridgehead atoms. The van der Waals surface area contributed by atoms with E-state index in [4.69, 9.17) is 0 Å². The topological polar surface area (TPSA) is 12.0 Å². The fraction of sp³-hybridized carbons (Fsp3) is 0.455. The Kier molecular flexibility index (Phi) is 1.98. The van der Waals surface area contributed by atoms with Gasteiger partial charge in [-0.25, -0.2) is 8.78 Å². The average molecular weight is 197 g/mol. The Morgan fingerprint density at radius 2 is 2.14 bits per heavy atom. The van der Waals surface area contributed by atoms with E-state index in [2.05, 4.69) is 5.32 Å². The van der Waals surface area contributed by atoms with Crippen molar-refractivity contribution in [2.75, 3.05) is 5.32 Å². The van der Waals surface area contributed by atoms with Crippen LogP contribution in [0.3, 0.4) is 0 Å². The van der Waals surface area contributed by atoms with Crippen molar-refractivity contribution in [2.24, 2.45) is 0 Å². The van der Waals surface area contributed by atoms with Crippen LogP contribution < -0.4 is 5.32 Å². The second-order valence-electron chi connectivity index (χ2n) is 4.02. The van der Waals surface area contributed by atoms with Crippen LogP contribution in [0.5, 0.6) is 0 Å². The highest BCUT2D eigenvalue weighted by Gasteiger charge is 2.38. The lowest BCUT2D eigenvalue weighted by atomic mass is 10.0. The molecule has 1 aromatic carbocycles. The summed E-state index contributed by atoms with van der Waals surface area (Å²) in [4.78, 5) is 0. The summed E-state index contributed by atoms with van der Waals surface area (Å²) in [5.41, 5.74) is 2.96. The third-order valence-corrected chi connectivity index (χ3v) is 2.63. The van der Waals surface area contributed by atoms with Crippen LogP contribution >= 0.6 is 0 Å². The van der Waals surface area contributed by atoms with Gasteiger partial charge in [-0.2, -0.15) is 0 Å². The quantitative estimate of drug-likeness (QED) is 0.729. The molecule has 2 rings (SSSR count). The van der Waals surface area contributed by atoms with Crippen molar-refractivity contribution in [1.29, 1.82) is 0 Å². The number of hydrogen-bond acceptors (Lipinski definition) is 1. The Labute approximate surface area is 82.1 Å². The normalized spacial score (nSPS) is 20.4. The van der Waals surface area contributed by atoms with E-state index in [0.717, 1.165) is 23.7 Å². The molecule has 1 atom stereocenters. The molecule has 0 aliphatic carbocycles. The molecule has 0 saturated carbocycles. The van der Waals surface area contributed by atoms with E-state index in [1.807, 2.05) is 25.1 Å². The molecule has 3 heteroatoms. The van der Waals surface area contributed by atoms with Crippen LogP contribution in [0.25, 0.3) is 0 Å². The zero-order valence-electron chi connectivity index (χ0n) is 8.27. The first kappa shape index (κ1) is 9.44. The van der Waals surface area contributed by atoms with Gasteiger partial charge >= 0.3 is 0 Å². The maximum Gasteiger partial charge on any atom is 0.265 e. The predicted molar refractivity (Wildman–Crippen MR) is 52.9 cm³/mol. The highest BCUT2D eigenvalue weighted by atomic mass is 19.3. The van der Waals surface area contributed by atoms with Gasteiger partial charge in [0.1, 0.15) is 0 Å². The SMILES string of the molecule is Cc1ccc2c(c1)CC(C(C)(F)F)N2. The summed E-state index contributed by atoms with van der Waals surface area (Å²) in [7, 11) is 0. The number of rotatable bonds is 1. The largest absolute Gasteiger partial charge is 0.376 e. The Balaban J connectivity index is 2.26. The van der Waals surface area contributed by atoms with Crippen molar-refractivity contribution in [3.8, 4) is 0 Å². The number of anilines is 1. The minimum absolute atomic E-state index is 0.417. The van der Waals surface area contributed by atoms with Gasteiger partial charge in [0.15, 0.2) is 0 Å². The Morgan fingerprint density at radius 3 is 2.79 bits per heavy atom. The van der Waals surface area contributed by atoms with E-state index in [-0.39, 0.29) is 0 Å². The molecule has 1 N–H and O–H groups in total. The molecule has 1 aliphatic heterocycles. The van der Waals surface area contributed by atoms with Crippen molar-refractivity contribution >= 4 is 5.69 Å². The Hall–Kier alpha value is -1.12. The first-order chi connectivity index (χ1) is 6.47. The maximum atomic E-state index is 13.0. The van der Waals surface area contributed by atoms with Crippen LogP contribution in [0.4, 0.5) is 14.5 Å². The van der Waals surface area contributed by atoms with Gasteiger partial charge in [-0.05, 0) is 18.6 Å². The molecule has 0 amide bonds. The number of nitrogens with one attached hydrogen (secondary N) is 1. The molecule has 0 spiro atoms. The van der Waals surface area contributed by atoms with Gasteiger partial charge in [-0.3, -0.25) is 0 Å². The number of benzene rings is 1. The highest BCUT2D eigenvalue weighted by molar-refractivity contribution is 5.58. The first-order valence-corrected chi connectivity index (χ1v) is 4.71. The molecule has 0 aromatic heterocycles. The third kappa shape index (κ3) is 1.59. The van der Waals surface area contributed by atoms with Crippen LogP contribution in [-0.4, -0.2) is 12.0 Å². The van der Waals surface area contributed by atoms with Gasteiger partial charge in [0.2, 0.25) is 0 Å². The molecular formula is C11H13F2N. The third-order valence-electron chi connectivity index (χ3n) is 2.63. The van der Waals surface area contributed by atoms with Gasteiger partial charge in [0, 0.05) is 19.0 Å². The zero-order chi connectivity index (χ0) is 10.3. The van der Waals surface area contributed by atoms with Gasteiger partial charge < -0.3 is 5.32 Å². The summed E-state index contributed by atoms with van der Waals surface area (Å²) < 4.78 is 26.1. The van der Waals surface area contributed by atoms with E-state index < -0.39 is 12.0 Å². The van der Waals surface area contributed by atoms with Crippen LogP contribution in [0.2, 0.25) is 0 Å². The lowest BCUT2D eigenvalue weighted by molar-refractivity contribution is 0.00371. The molecule has 1 aromatic rings. The number of halogens is 2. The molecular weight excluding hydrogens is 184 g/mol. The van der Waals surface area contributed by atoms with E-state index in [1.165, 1.54) is 0 Å². The summed E-state index contributed by atoms with van der Waals surface area (Å²) in [6.07, 6.45) is 0.417. The van der Waals surface area contributed by atoms with Gasteiger partial charge in [0.25, 0.3) is 5.92 Å². The Bertz CT molecular complexity index is 355. The molecule has 1 unspecified atom stereocenters. The van der Waals surface area contributed by atoms with Crippen LogP contribution in [0, 0.1) is 6.92 Å².